The van der Waals surface area contributed by atoms with Crippen LogP contribution in [0.25, 0.3) is 0 Å². The van der Waals surface area contributed by atoms with Crippen LogP contribution in [0.15, 0.2) is 10.6 Å². The van der Waals surface area contributed by atoms with E-state index in [9.17, 15) is 4.79 Å². The standard InChI is InChI=1S/C14H24N2O3S/c1-4-5-6-12(20-9-10(2)8-17)14(18)15-13-7-11(3)19-16-13/h7,10,12,17H,4-6,8-9H2,1-3H3,(H,15,16,18). The maximum Gasteiger partial charge on any atom is 0.238 e. The van der Waals surface area contributed by atoms with Gasteiger partial charge >= 0.3 is 0 Å². The quantitative estimate of drug-likeness (QED) is 0.733. The third-order valence-corrected chi connectivity index (χ3v) is 4.50. The predicted molar refractivity (Wildman–Crippen MR) is 81.9 cm³/mol. The zero-order valence-electron chi connectivity index (χ0n) is 12.4. The lowest BCUT2D eigenvalue weighted by molar-refractivity contribution is -0.115. The van der Waals surface area contributed by atoms with Gasteiger partial charge in [0.1, 0.15) is 5.76 Å². The molecular formula is C14H24N2O3S. The monoisotopic (exact) mass is 300 g/mol. The fourth-order valence-electron chi connectivity index (χ4n) is 1.64. The molecule has 6 heteroatoms. The molecule has 0 fully saturated rings. The maximum absolute atomic E-state index is 12.3. The Kier molecular flexibility index (Phi) is 7.69. The van der Waals surface area contributed by atoms with E-state index in [2.05, 4.69) is 17.4 Å². The summed E-state index contributed by atoms with van der Waals surface area (Å²) in [7, 11) is 0. The van der Waals surface area contributed by atoms with Crippen LogP contribution in [0.3, 0.4) is 0 Å². The van der Waals surface area contributed by atoms with Crippen LogP contribution in [-0.2, 0) is 4.79 Å². The highest BCUT2D eigenvalue weighted by atomic mass is 32.2. The number of rotatable bonds is 9. The van der Waals surface area contributed by atoms with E-state index in [0.717, 1.165) is 25.0 Å². The molecule has 0 aliphatic rings. The molecule has 20 heavy (non-hydrogen) atoms. The van der Waals surface area contributed by atoms with E-state index >= 15 is 0 Å². The van der Waals surface area contributed by atoms with Crippen molar-refractivity contribution >= 4 is 23.5 Å². The lowest BCUT2D eigenvalue weighted by atomic mass is 10.2. The number of carbonyl (C=O) groups is 1. The molecule has 1 rings (SSSR count). The summed E-state index contributed by atoms with van der Waals surface area (Å²) in [6.07, 6.45) is 2.90. The van der Waals surface area contributed by atoms with Gasteiger partial charge in [-0.15, -0.1) is 11.8 Å². The zero-order chi connectivity index (χ0) is 15.0. The summed E-state index contributed by atoms with van der Waals surface area (Å²) in [5.74, 6) is 2.07. The Bertz CT molecular complexity index is 409. The molecule has 2 atom stereocenters. The van der Waals surface area contributed by atoms with Crippen molar-refractivity contribution in [3.63, 3.8) is 0 Å². The van der Waals surface area contributed by atoms with Gasteiger partial charge in [0.15, 0.2) is 5.82 Å². The van der Waals surface area contributed by atoms with Crippen molar-refractivity contribution in [3.8, 4) is 0 Å². The number of aliphatic hydroxyl groups is 1. The smallest absolute Gasteiger partial charge is 0.238 e. The third-order valence-electron chi connectivity index (χ3n) is 2.89. The summed E-state index contributed by atoms with van der Waals surface area (Å²) < 4.78 is 4.94. The molecule has 0 radical (unpaired) electrons. The molecule has 0 aliphatic heterocycles. The Morgan fingerprint density at radius 2 is 2.35 bits per heavy atom. The van der Waals surface area contributed by atoms with Gasteiger partial charge in [-0.2, -0.15) is 0 Å². The fourth-order valence-corrected chi connectivity index (χ4v) is 2.85. The lowest BCUT2D eigenvalue weighted by Crippen LogP contribution is -2.26. The van der Waals surface area contributed by atoms with Gasteiger partial charge < -0.3 is 14.9 Å². The van der Waals surface area contributed by atoms with Crippen molar-refractivity contribution in [1.82, 2.24) is 5.16 Å². The van der Waals surface area contributed by atoms with E-state index in [1.807, 2.05) is 6.92 Å². The summed E-state index contributed by atoms with van der Waals surface area (Å²) >= 11 is 1.60. The second-order valence-electron chi connectivity index (χ2n) is 5.06. The highest BCUT2D eigenvalue weighted by molar-refractivity contribution is 8.00. The normalized spacial score (nSPS) is 14.0. The number of hydrogen-bond donors (Lipinski definition) is 2. The average molecular weight is 300 g/mol. The van der Waals surface area contributed by atoms with Crippen LogP contribution in [0.2, 0.25) is 0 Å². The van der Waals surface area contributed by atoms with Gasteiger partial charge in [0.05, 0.1) is 5.25 Å². The summed E-state index contributed by atoms with van der Waals surface area (Å²) in [6, 6.07) is 1.70. The molecule has 0 spiro atoms. The van der Waals surface area contributed by atoms with Gasteiger partial charge in [0.2, 0.25) is 5.91 Å². The number of aryl methyl sites for hydroxylation is 1. The van der Waals surface area contributed by atoms with Gasteiger partial charge in [-0.3, -0.25) is 4.79 Å². The first-order chi connectivity index (χ1) is 9.56. The van der Waals surface area contributed by atoms with Crippen molar-refractivity contribution in [2.45, 2.75) is 45.3 Å². The first-order valence-electron chi connectivity index (χ1n) is 7.03. The molecule has 2 N–H and O–H groups in total. The minimum Gasteiger partial charge on any atom is -0.396 e. The van der Waals surface area contributed by atoms with Crippen LogP contribution < -0.4 is 5.32 Å². The van der Waals surface area contributed by atoms with Crippen LogP contribution in [0.5, 0.6) is 0 Å². The summed E-state index contributed by atoms with van der Waals surface area (Å²) in [5.41, 5.74) is 0. The Morgan fingerprint density at radius 3 is 2.90 bits per heavy atom. The largest absolute Gasteiger partial charge is 0.396 e. The van der Waals surface area contributed by atoms with Crippen LogP contribution in [0.1, 0.15) is 38.9 Å². The molecule has 1 aromatic rings. The molecule has 1 amide bonds. The number of thioether (sulfide) groups is 1. The number of nitrogens with one attached hydrogen (secondary N) is 1. The van der Waals surface area contributed by atoms with Crippen LogP contribution in [0.4, 0.5) is 5.82 Å². The van der Waals surface area contributed by atoms with E-state index in [1.165, 1.54) is 0 Å². The molecule has 5 nitrogen and oxygen atoms in total. The Morgan fingerprint density at radius 1 is 1.60 bits per heavy atom. The highest BCUT2D eigenvalue weighted by Crippen LogP contribution is 2.22. The Labute approximate surface area is 124 Å². The molecule has 0 aromatic carbocycles. The van der Waals surface area contributed by atoms with Crippen molar-refractivity contribution in [2.75, 3.05) is 17.7 Å². The lowest BCUT2D eigenvalue weighted by Gasteiger charge is -2.17. The summed E-state index contributed by atoms with van der Waals surface area (Å²) in [5, 5.41) is 15.5. The maximum atomic E-state index is 12.3. The number of aliphatic hydroxyl groups excluding tert-OH is 1. The van der Waals surface area contributed by atoms with E-state index in [4.69, 9.17) is 9.63 Å². The van der Waals surface area contributed by atoms with Crippen molar-refractivity contribution in [1.29, 1.82) is 0 Å². The number of hydrogen-bond acceptors (Lipinski definition) is 5. The van der Waals surface area contributed by atoms with E-state index in [0.29, 0.717) is 11.6 Å². The number of aromatic nitrogens is 1. The molecule has 114 valence electrons. The first kappa shape index (κ1) is 17.0. The average Bonchev–Trinajstić information content (AvgIpc) is 2.83. The Balaban J connectivity index is 2.54. The molecular weight excluding hydrogens is 276 g/mol. The molecule has 0 saturated carbocycles. The number of amides is 1. The van der Waals surface area contributed by atoms with Crippen LogP contribution in [0, 0.1) is 12.8 Å². The van der Waals surface area contributed by atoms with Gasteiger partial charge in [-0.25, -0.2) is 0 Å². The van der Waals surface area contributed by atoms with Crippen LogP contribution in [-0.4, -0.2) is 33.8 Å². The van der Waals surface area contributed by atoms with Crippen molar-refractivity contribution < 1.29 is 14.4 Å². The second kappa shape index (κ2) is 9.02. The first-order valence-corrected chi connectivity index (χ1v) is 8.08. The highest BCUT2D eigenvalue weighted by Gasteiger charge is 2.20. The predicted octanol–water partition coefficient (Wildman–Crippen LogP) is 2.84. The topological polar surface area (TPSA) is 75.4 Å². The minimum absolute atomic E-state index is 0.0399. The zero-order valence-corrected chi connectivity index (χ0v) is 13.2. The van der Waals surface area contributed by atoms with Gasteiger partial charge in [0, 0.05) is 12.7 Å². The number of anilines is 1. The van der Waals surface area contributed by atoms with Crippen molar-refractivity contribution in [3.05, 3.63) is 11.8 Å². The summed E-state index contributed by atoms with van der Waals surface area (Å²) in [4.78, 5) is 12.3. The second-order valence-corrected chi connectivity index (χ2v) is 6.30. The van der Waals surface area contributed by atoms with E-state index < -0.39 is 0 Å². The van der Waals surface area contributed by atoms with Gasteiger partial charge in [-0.1, -0.05) is 31.8 Å². The van der Waals surface area contributed by atoms with Gasteiger partial charge in [0.25, 0.3) is 0 Å². The molecule has 1 aromatic heterocycles. The molecule has 0 bridgehead atoms. The van der Waals surface area contributed by atoms with Crippen molar-refractivity contribution in [2.24, 2.45) is 5.92 Å². The SMILES string of the molecule is CCCCC(SCC(C)CO)C(=O)Nc1cc(C)on1. The van der Waals surface area contributed by atoms with Gasteiger partial charge in [-0.05, 0) is 25.0 Å². The molecule has 0 aliphatic carbocycles. The molecule has 1 heterocycles. The number of carbonyl (C=O) groups excluding carboxylic acids is 1. The minimum atomic E-state index is -0.110. The van der Waals surface area contributed by atoms with E-state index in [1.54, 1.807) is 24.8 Å². The summed E-state index contributed by atoms with van der Waals surface area (Å²) in [6.45, 7) is 6.02. The third kappa shape index (κ3) is 5.96. The molecule has 0 saturated heterocycles. The fraction of sp³-hybridized carbons (Fsp3) is 0.714. The number of nitrogens with zero attached hydrogens (tertiary/aromatic N) is 1. The Hall–Kier alpha value is -1.01. The van der Waals surface area contributed by atoms with E-state index in [-0.39, 0.29) is 23.7 Å². The molecule has 2 unspecified atom stereocenters. The number of unbranched alkanes of at least 4 members (excludes halogenated alkanes) is 1. The van der Waals surface area contributed by atoms with Crippen LogP contribution >= 0.6 is 11.8 Å².